The molecule has 1 rings (SSSR count). The Kier molecular flexibility index (Phi) is 3.97. The Hall–Kier alpha value is -0.610. The molecule has 0 aromatic carbocycles. The predicted molar refractivity (Wildman–Crippen MR) is 67.8 cm³/mol. The van der Waals surface area contributed by atoms with Crippen LogP contribution in [0.2, 0.25) is 0 Å². The number of nitrogens with zero attached hydrogens (tertiary/aromatic N) is 1. The second kappa shape index (κ2) is 4.72. The number of thiazole rings is 1. The molecule has 90 valence electrons. The van der Waals surface area contributed by atoms with Gasteiger partial charge < -0.3 is 5.32 Å². The zero-order valence-electron chi connectivity index (χ0n) is 10.0. The van der Waals surface area contributed by atoms with Crippen LogP contribution in [0.3, 0.4) is 0 Å². The summed E-state index contributed by atoms with van der Waals surface area (Å²) in [7, 11) is 0. The fourth-order valence-corrected chi connectivity index (χ4v) is 1.94. The lowest BCUT2D eigenvalue weighted by Crippen LogP contribution is -2.47. The van der Waals surface area contributed by atoms with Gasteiger partial charge in [-0.25, -0.2) is 4.98 Å². The number of rotatable bonds is 4. The number of hydrogen-bond acceptors (Lipinski definition) is 3. The van der Waals surface area contributed by atoms with E-state index in [0.717, 1.165) is 5.01 Å². The molecule has 5 heteroatoms. The highest BCUT2D eigenvalue weighted by molar-refractivity contribution is 7.09. The third-order valence-corrected chi connectivity index (χ3v) is 4.11. The van der Waals surface area contributed by atoms with Crippen LogP contribution in [0.15, 0.2) is 11.6 Å². The van der Waals surface area contributed by atoms with Gasteiger partial charge in [-0.05, 0) is 27.7 Å². The molecule has 0 aliphatic rings. The van der Waals surface area contributed by atoms with Gasteiger partial charge >= 0.3 is 0 Å². The smallest absolute Gasteiger partial charge is 0.227 e. The van der Waals surface area contributed by atoms with Crippen molar-refractivity contribution in [3.63, 3.8) is 0 Å². The largest absolute Gasteiger partial charge is 0.344 e. The molecular weight excluding hydrogens is 244 g/mol. The molecule has 0 aliphatic carbocycles. The molecule has 1 amide bonds. The number of alkyl halides is 1. The number of amides is 1. The monoisotopic (exact) mass is 260 g/mol. The molecule has 0 fully saturated rings. The SMILES string of the molecule is CC(C)(CCl)C(=O)NC(C)(C)c1nccs1. The normalized spacial score (nSPS) is 12.6. The first-order valence-corrected chi connectivity index (χ1v) is 6.49. The highest BCUT2D eigenvalue weighted by Gasteiger charge is 2.33. The summed E-state index contributed by atoms with van der Waals surface area (Å²) in [6, 6.07) is 0. The second-order valence-electron chi connectivity index (χ2n) is 4.93. The Morgan fingerprint density at radius 2 is 2.12 bits per heavy atom. The second-order valence-corrected chi connectivity index (χ2v) is 6.10. The molecule has 0 bridgehead atoms. The maximum Gasteiger partial charge on any atom is 0.227 e. The Morgan fingerprint density at radius 3 is 2.56 bits per heavy atom. The molecule has 16 heavy (non-hydrogen) atoms. The summed E-state index contributed by atoms with van der Waals surface area (Å²) < 4.78 is 0. The van der Waals surface area contributed by atoms with E-state index in [1.54, 1.807) is 6.20 Å². The third-order valence-electron chi connectivity index (χ3n) is 2.34. The molecule has 1 heterocycles. The third kappa shape index (κ3) is 2.95. The Bertz CT molecular complexity index is 360. The molecule has 1 N–H and O–H groups in total. The summed E-state index contributed by atoms with van der Waals surface area (Å²) in [5.41, 5.74) is -1.01. The van der Waals surface area contributed by atoms with E-state index in [-0.39, 0.29) is 5.91 Å². The summed E-state index contributed by atoms with van der Waals surface area (Å²) in [6.07, 6.45) is 1.74. The van der Waals surface area contributed by atoms with Gasteiger partial charge in [0.15, 0.2) is 0 Å². The van der Waals surface area contributed by atoms with Crippen molar-refractivity contribution in [3.8, 4) is 0 Å². The number of hydrogen-bond donors (Lipinski definition) is 1. The Labute approximate surface area is 105 Å². The number of halogens is 1. The topological polar surface area (TPSA) is 42.0 Å². The van der Waals surface area contributed by atoms with E-state index in [1.807, 2.05) is 33.1 Å². The lowest BCUT2D eigenvalue weighted by Gasteiger charge is -2.29. The van der Waals surface area contributed by atoms with Gasteiger partial charge in [-0.1, -0.05) is 0 Å². The summed E-state index contributed by atoms with van der Waals surface area (Å²) in [5.74, 6) is 0.245. The molecule has 0 unspecified atom stereocenters. The van der Waals surface area contributed by atoms with E-state index >= 15 is 0 Å². The van der Waals surface area contributed by atoms with E-state index in [4.69, 9.17) is 11.6 Å². The quantitative estimate of drug-likeness (QED) is 0.846. The predicted octanol–water partition coefficient (Wildman–Crippen LogP) is 2.76. The van der Waals surface area contributed by atoms with Gasteiger partial charge in [0.05, 0.1) is 11.0 Å². The highest BCUT2D eigenvalue weighted by Crippen LogP contribution is 2.25. The summed E-state index contributed by atoms with van der Waals surface area (Å²) in [4.78, 5) is 16.2. The molecule has 0 radical (unpaired) electrons. The van der Waals surface area contributed by atoms with Crippen molar-refractivity contribution in [2.45, 2.75) is 33.2 Å². The van der Waals surface area contributed by atoms with Crippen molar-refractivity contribution in [2.24, 2.45) is 5.41 Å². The fourth-order valence-electron chi connectivity index (χ4n) is 1.10. The van der Waals surface area contributed by atoms with Crippen molar-refractivity contribution >= 4 is 28.8 Å². The molecule has 0 saturated carbocycles. The zero-order valence-corrected chi connectivity index (χ0v) is 11.6. The summed E-state index contributed by atoms with van der Waals surface area (Å²) in [5, 5.41) is 5.77. The number of carbonyl (C=O) groups excluding carboxylic acids is 1. The maximum absolute atomic E-state index is 12.0. The highest BCUT2D eigenvalue weighted by atomic mass is 35.5. The van der Waals surface area contributed by atoms with Gasteiger partial charge in [0.1, 0.15) is 5.01 Å². The fraction of sp³-hybridized carbons (Fsp3) is 0.636. The van der Waals surface area contributed by atoms with Crippen LogP contribution < -0.4 is 5.32 Å². The first-order chi connectivity index (χ1) is 7.29. The first kappa shape index (κ1) is 13.5. The molecular formula is C11H17ClN2OS. The van der Waals surface area contributed by atoms with Gasteiger partial charge in [-0.15, -0.1) is 22.9 Å². The molecule has 3 nitrogen and oxygen atoms in total. The minimum Gasteiger partial charge on any atom is -0.344 e. The van der Waals surface area contributed by atoms with Crippen LogP contribution in [0.5, 0.6) is 0 Å². The van der Waals surface area contributed by atoms with Crippen molar-refractivity contribution < 1.29 is 4.79 Å². The maximum atomic E-state index is 12.0. The van der Waals surface area contributed by atoms with E-state index in [1.165, 1.54) is 11.3 Å². The average Bonchev–Trinajstić information content (AvgIpc) is 2.70. The van der Waals surface area contributed by atoms with Gasteiger partial charge in [-0.3, -0.25) is 4.79 Å². The van der Waals surface area contributed by atoms with Crippen molar-refractivity contribution in [1.82, 2.24) is 10.3 Å². The van der Waals surface area contributed by atoms with Crippen molar-refractivity contribution in [3.05, 3.63) is 16.6 Å². The minimum atomic E-state index is -0.559. The van der Waals surface area contributed by atoms with Crippen LogP contribution in [0.25, 0.3) is 0 Å². The lowest BCUT2D eigenvalue weighted by atomic mass is 9.93. The first-order valence-electron chi connectivity index (χ1n) is 5.08. The standard InChI is InChI=1S/C11H17ClN2OS/c1-10(2,7-12)8(15)14-11(3,4)9-13-5-6-16-9/h5-6H,7H2,1-4H3,(H,14,15). The zero-order chi connectivity index (χ0) is 12.4. The van der Waals surface area contributed by atoms with Crippen molar-refractivity contribution in [2.75, 3.05) is 5.88 Å². The van der Waals surface area contributed by atoms with Crippen LogP contribution in [0.1, 0.15) is 32.7 Å². The van der Waals surface area contributed by atoms with Gasteiger partial charge in [0.25, 0.3) is 0 Å². The Balaban J connectivity index is 2.78. The van der Waals surface area contributed by atoms with E-state index in [9.17, 15) is 4.79 Å². The average molecular weight is 261 g/mol. The molecule has 1 aromatic rings. The van der Waals surface area contributed by atoms with Gasteiger partial charge in [-0.2, -0.15) is 0 Å². The van der Waals surface area contributed by atoms with E-state index < -0.39 is 11.0 Å². The van der Waals surface area contributed by atoms with Crippen LogP contribution in [-0.4, -0.2) is 16.8 Å². The number of aromatic nitrogens is 1. The van der Waals surface area contributed by atoms with E-state index in [2.05, 4.69) is 10.3 Å². The van der Waals surface area contributed by atoms with Crippen molar-refractivity contribution in [1.29, 1.82) is 0 Å². The molecule has 0 saturated heterocycles. The minimum absolute atomic E-state index is 0.0531. The van der Waals surface area contributed by atoms with Crippen LogP contribution >= 0.6 is 22.9 Å². The molecule has 0 aliphatic heterocycles. The molecule has 0 atom stereocenters. The van der Waals surface area contributed by atoms with Crippen LogP contribution in [0.4, 0.5) is 0 Å². The summed E-state index contributed by atoms with van der Waals surface area (Å²) in [6.45, 7) is 7.53. The van der Waals surface area contributed by atoms with Crippen LogP contribution in [-0.2, 0) is 10.3 Å². The van der Waals surface area contributed by atoms with Crippen LogP contribution in [0, 0.1) is 5.41 Å². The molecule has 1 aromatic heterocycles. The van der Waals surface area contributed by atoms with Gasteiger partial charge in [0, 0.05) is 17.5 Å². The van der Waals surface area contributed by atoms with Gasteiger partial charge in [0.2, 0.25) is 5.91 Å². The Morgan fingerprint density at radius 1 is 1.50 bits per heavy atom. The number of nitrogens with one attached hydrogen (secondary N) is 1. The lowest BCUT2D eigenvalue weighted by molar-refractivity contribution is -0.130. The number of carbonyl (C=O) groups is 1. The van der Waals surface area contributed by atoms with E-state index in [0.29, 0.717) is 5.88 Å². The molecule has 0 spiro atoms. The summed E-state index contributed by atoms with van der Waals surface area (Å²) >= 11 is 7.30.